The Morgan fingerprint density at radius 2 is 1.88 bits per heavy atom. The minimum atomic E-state index is -0.181. The van der Waals surface area contributed by atoms with Gasteiger partial charge in [0, 0.05) is 13.5 Å². The van der Waals surface area contributed by atoms with E-state index in [-0.39, 0.29) is 30.4 Å². The molecule has 0 aromatic heterocycles. The highest BCUT2D eigenvalue weighted by Gasteiger charge is 2.15. The Hall–Kier alpha value is -0.320. The lowest BCUT2D eigenvalue weighted by Crippen LogP contribution is -2.23. The molecule has 0 aliphatic carbocycles. The molecule has 0 saturated carbocycles. The van der Waals surface area contributed by atoms with Gasteiger partial charge < -0.3 is 15.2 Å². The second-order valence-electron chi connectivity index (χ2n) is 4.66. The molecule has 0 rings (SSSR count). The monoisotopic (exact) mass is 267 g/mol. The van der Waals surface area contributed by atoms with E-state index in [0.717, 1.165) is 6.42 Å². The van der Waals surface area contributed by atoms with Gasteiger partial charge in [0.05, 0.1) is 6.10 Å². The van der Waals surface area contributed by atoms with Gasteiger partial charge in [-0.05, 0) is 31.7 Å². The maximum atomic E-state index is 11.5. The van der Waals surface area contributed by atoms with Crippen molar-refractivity contribution in [1.29, 1.82) is 0 Å². The molecule has 2 N–H and O–H groups in total. The Kier molecular flexibility index (Phi) is 12.1. The van der Waals surface area contributed by atoms with Crippen LogP contribution < -0.4 is 5.73 Å². The molecule has 5 heteroatoms. The number of hydrogen-bond acceptors (Lipinski definition) is 4. The number of halogens is 1. The van der Waals surface area contributed by atoms with Crippen LogP contribution in [0.5, 0.6) is 0 Å². The Morgan fingerprint density at radius 3 is 2.29 bits per heavy atom. The predicted molar refractivity (Wildman–Crippen MR) is 71.3 cm³/mol. The number of rotatable bonds is 8. The summed E-state index contributed by atoms with van der Waals surface area (Å²) in [7, 11) is 1.60. The Balaban J connectivity index is 0. The van der Waals surface area contributed by atoms with Gasteiger partial charge in [0.1, 0.15) is 6.61 Å². The predicted octanol–water partition coefficient (Wildman–Crippen LogP) is 2.00. The molecule has 0 bridgehead atoms. The number of carbonyl (C=O) groups excluding carboxylic acids is 1. The van der Waals surface area contributed by atoms with Gasteiger partial charge in [-0.1, -0.05) is 13.8 Å². The molecular weight excluding hydrogens is 242 g/mol. The lowest BCUT2D eigenvalue weighted by Gasteiger charge is -2.17. The average Bonchev–Trinajstić information content (AvgIpc) is 2.24. The van der Waals surface area contributed by atoms with Crippen LogP contribution >= 0.6 is 12.4 Å². The third-order valence-electron chi connectivity index (χ3n) is 2.47. The molecule has 17 heavy (non-hydrogen) atoms. The van der Waals surface area contributed by atoms with E-state index in [1.165, 1.54) is 0 Å². The lowest BCUT2D eigenvalue weighted by atomic mass is 9.94. The van der Waals surface area contributed by atoms with Crippen LogP contribution in [0.2, 0.25) is 0 Å². The molecule has 0 aromatic rings. The first kappa shape index (κ1) is 19.0. The van der Waals surface area contributed by atoms with Gasteiger partial charge in [0.15, 0.2) is 0 Å². The van der Waals surface area contributed by atoms with E-state index in [9.17, 15) is 4.79 Å². The number of hydrogen-bond donors (Lipinski definition) is 1. The standard InChI is InChI=1S/C12H25NO3.ClH/c1-9(2)5-11(7-13)6-12(14)16-8-10(3)15-4;/h9-11H,5-8,13H2,1-4H3;1H/t10?,11-;/m0./s1. The van der Waals surface area contributed by atoms with Crippen molar-refractivity contribution in [2.24, 2.45) is 17.6 Å². The zero-order chi connectivity index (χ0) is 12.6. The van der Waals surface area contributed by atoms with E-state index in [0.29, 0.717) is 25.5 Å². The SMILES string of the molecule is COC(C)COC(=O)C[C@@H](CN)CC(C)C.Cl. The molecule has 4 nitrogen and oxygen atoms in total. The summed E-state index contributed by atoms with van der Waals surface area (Å²) in [4.78, 5) is 11.5. The summed E-state index contributed by atoms with van der Waals surface area (Å²) in [6.45, 7) is 6.96. The molecule has 0 heterocycles. The van der Waals surface area contributed by atoms with E-state index in [4.69, 9.17) is 15.2 Å². The highest BCUT2D eigenvalue weighted by Crippen LogP contribution is 2.14. The van der Waals surface area contributed by atoms with Gasteiger partial charge in [0.2, 0.25) is 0 Å². The molecule has 1 unspecified atom stereocenters. The fourth-order valence-corrected chi connectivity index (χ4v) is 1.50. The molecule has 0 aliphatic rings. The summed E-state index contributed by atoms with van der Waals surface area (Å²) in [5.74, 6) is 0.601. The zero-order valence-electron chi connectivity index (χ0n) is 11.3. The summed E-state index contributed by atoms with van der Waals surface area (Å²) < 4.78 is 10.1. The van der Waals surface area contributed by atoms with Crippen LogP contribution in [0.15, 0.2) is 0 Å². The van der Waals surface area contributed by atoms with Crippen LogP contribution in [0.3, 0.4) is 0 Å². The zero-order valence-corrected chi connectivity index (χ0v) is 12.1. The van der Waals surface area contributed by atoms with Crippen LogP contribution in [-0.2, 0) is 14.3 Å². The van der Waals surface area contributed by atoms with Gasteiger partial charge in [-0.2, -0.15) is 0 Å². The topological polar surface area (TPSA) is 61.5 Å². The number of methoxy groups -OCH3 is 1. The van der Waals surface area contributed by atoms with E-state index in [1.54, 1.807) is 7.11 Å². The van der Waals surface area contributed by atoms with E-state index >= 15 is 0 Å². The summed E-state index contributed by atoms with van der Waals surface area (Å²) in [5.41, 5.74) is 5.62. The van der Waals surface area contributed by atoms with Crippen LogP contribution in [0, 0.1) is 11.8 Å². The molecule has 0 aromatic carbocycles. The Morgan fingerprint density at radius 1 is 1.29 bits per heavy atom. The first-order chi connectivity index (χ1) is 7.49. The van der Waals surface area contributed by atoms with Crippen molar-refractivity contribution in [3.8, 4) is 0 Å². The number of esters is 1. The molecule has 0 spiro atoms. The van der Waals surface area contributed by atoms with Crippen molar-refractivity contribution < 1.29 is 14.3 Å². The third-order valence-corrected chi connectivity index (χ3v) is 2.47. The van der Waals surface area contributed by atoms with Gasteiger partial charge in [-0.3, -0.25) is 4.79 Å². The maximum absolute atomic E-state index is 11.5. The first-order valence-corrected chi connectivity index (χ1v) is 5.88. The smallest absolute Gasteiger partial charge is 0.306 e. The van der Waals surface area contributed by atoms with Gasteiger partial charge in [0.25, 0.3) is 0 Å². The van der Waals surface area contributed by atoms with Crippen molar-refractivity contribution in [1.82, 2.24) is 0 Å². The van der Waals surface area contributed by atoms with E-state index in [1.807, 2.05) is 6.92 Å². The van der Waals surface area contributed by atoms with Crippen molar-refractivity contribution in [3.63, 3.8) is 0 Å². The van der Waals surface area contributed by atoms with Gasteiger partial charge in [-0.25, -0.2) is 0 Å². The molecule has 2 atom stereocenters. The molecule has 104 valence electrons. The molecule has 0 amide bonds. The second kappa shape index (κ2) is 10.8. The molecule has 0 saturated heterocycles. The largest absolute Gasteiger partial charge is 0.463 e. The van der Waals surface area contributed by atoms with Crippen LogP contribution in [0.4, 0.5) is 0 Å². The molecular formula is C12H26ClNO3. The summed E-state index contributed by atoms with van der Waals surface area (Å²) >= 11 is 0. The average molecular weight is 268 g/mol. The number of ether oxygens (including phenoxy) is 2. The number of nitrogens with two attached hydrogens (primary N) is 1. The van der Waals surface area contributed by atoms with Gasteiger partial charge in [-0.15, -0.1) is 12.4 Å². The summed E-state index contributed by atoms with van der Waals surface area (Å²) in [6, 6.07) is 0. The van der Waals surface area contributed by atoms with Crippen LogP contribution in [-0.4, -0.2) is 32.3 Å². The third kappa shape index (κ3) is 10.5. The summed E-state index contributed by atoms with van der Waals surface area (Å²) in [5, 5.41) is 0. The van der Waals surface area contributed by atoms with Crippen LogP contribution in [0.25, 0.3) is 0 Å². The molecule has 0 aliphatic heterocycles. The molecule has 0 radical (unpaired) electrons. The highest BCUT2D eigenvalue weighted by molar-refractivity contribution is 5.85. The van der Waals surface area contributed by atoms with Crippen LogP contribution in [0.1, 0.15) is 33.6 Å². The normalized spacial score (nSPS) is 14.0. The maximum Gasteiger partial charge on any atom is 0.306 e. The van der Waals surface area contributed by atoms with Gasteiger partial charge >= 0.3 is 5.97 Å². The lowest BCUT2D eigenvalue weighted by molar-refractivity contribution is -0.148. The fourth-order valence-electron chi connectivity index (χ4n) is 1.50. The number of carbonyl (C=O) groups is 1. The molecule has 0 fully saturated rings. The minimum absolute atomic E-state index is 0. The quantitative estimate of drug-likeness (QED) is 0.684. The summed E-state index contributed by atoms with van der Waals surface area (Å²) in [6.07, 6.45) is 1.32. The van der Waals surface area contributed by atoms with Crippen molar-refractivity contribution >= 4 is 18.4 Å². The Bertz CT molecular complexity index is 200. The Labute approximate surface area is 111 Å². The second-order valence-corrected chi connectivity index (χ2v) is 4.66. The minimum Gasteiger partial charge on any atom is -0.463 e. The van der Waals surface area contributed by atoms with E-state index in [2.05, 4.69) is 13.8 Å². The van der Waals surface area contributed by atoms with Crippen molar-refractivity contribution in [3.05, 3.63) is 0 Å². The van der Waals surface area contributed by atoms with E-state index < -0.39 is 0 Å². The first-order valence-electron chi connectivity index (χ1n) is 5.88. The highest BCUT2D eigenvalue weighted by atomic mass is 35.5. The van der Waals surface area contributed by atoms with Crippen molar-refractivity contribution in [2.75, 3.05) is 20.3 Å². The fraction of sp³-hybridized carbons (Fsp3) is 0.917. The van der Waals surface area contributed by atoms with Crippen molar-refractivity contribution in [2.45, 2.75) is 39.7 Å².